The zero-order valence-electron chi connectivity index (χ0n) is 13.6. The molecule has 1 aromatic carbocycles. The molecule has 2 aromatic heterocycles. The van der Waals surface area contributed by atoms with Crippen molar-refractivity contribution in [2.45, 2.75) is 25.8 Å². The van der Waals surface area contributed by atoms with Gasteiger partial charge >= 0.3 is 0 Å². The van der Waals surface area contributed by atoms with Crippen LogP contribution >= 0.6 is 11.6 Å². The summed E-state index contributed by atoms with van der Waals surface area (Å²) in [6, 6.07) is 6.19. The van der Waals surface area contributed by atoms with E-state index in [2.05, 4.69) is 32.3 Å². The molecule has 0 saturated carbocycles. The highest BCUT2D eigenvalue weighted by molar-refractivity contribution is 6.31. The van der Waals surface area contributed by atoms with E-state index in [0.29, 0.717) is 0 Å². The fourth-order valence-corrected chi connectivity index (χ4v) is 3.77. The first-order valence-electron chi connectivity index (χ1n) is 8.29. The molecule has 4 rings (SSSR count). The van der Waals surface area contributed by atoms with Crippen LogP contribution in [0.25, 0.3) is 16.9 Å². The van der Waals surface area contributed by atoms with Gasteiger partial charge in [-0.05, 0) is 24.5 Å². The molecular formula is C18H20ClN5. The van der Waals surface area contributed by atoms with Crippen LogP contribution in [0, 0.1) is 0 Å². The van der Waals surface area contributed by atoms with E-state index in [1.165, 1.54) is 0 Å². The molecular weight excluding hydrogens is 322 g/mol. The first kappa shape index (κ1) is 15.4. The van der Waals surface area contributed by atoms with Gasteiger partial charge in [-0.15, -0.1) is 0 Å². The molecule has 6 heteroatoms. The van der Waals surface area contributed by atoms with Crippen LogP contribution in [0.15, 0.2) is 36.8 Å². The minimum atomic E-state index is 0.217. The molecule has 1 aliphatic heterocycles. The maximum absolute atomic E-state index is 6.38. The Labute approximate surface area is 146 Å². The molecule has 0 bridgehead atoms. The van der Waals surface area contributed by atoms with Crippen molar-refractivity contribution in [3.63, 3.8) is 0 Å². The lowest BCUT2D eigenvalue weighted by molar-refractivity contribution is 0.751. The first-order chi connectivity index (χ1) is 11.7. The minimum Gasteiger partial charge on any atom is -0.353 e. The van der Waals surface area contributed by atoms with Crippen molar-refractivity contribution in [3.05, 3.63) is 47.4 Å². The van der Waals surface area contributed by atoms with Crippen LogP contribution in [0.3, 0.4) is 0 Å². The Kier molecular flexibility index (Phi) is 3.90. The molecule has 0 spiro atoms. The Bertz CT molecular complexity index is 888. The summed E-state index contributed by atoms with van der Waals surface area (Å²) in [7, 11) is 0. The van der Waals surface area contributed by atoms with Crippen molar-refractivity contribution >= 4 is 22.9 Å². The van der Waals surface area contributed by atoms with Gasteiger partial charge in [-0.2, -0.15) is 0 Å². The molecule has 1 unspecified atom stereocenters. The zero-order chi connectivity index (χ0) is 16.7. The highest BCUT2D eigenvalue weighted by Gasteiger charge is 2.23. The topological polar surface area (TPSA) is 59.5 Å². The van der Waals surface area contributed by atoms with Crippen LogP contribution in [-0.4, -0.2) is 33.5 Å². The van der Waals surface area contributed by atoms with Gasteiger partial charge in [0, 0.05) is 42.1 Å². The molecule has 0 radical (unpaired) electrons. The number of rotatable bonds is 3. The van der Waals surface area contributed by atoms with E-state index in [-0.39, 0.29) is 6.04 Å². The van der Waals surface area contributed by atoms with Crippen LogP contribution in [0.5, 0.6) is 0 Å². The Morgan fingerprint density at radius 3 is 2.96 bits per heavy atom. The summed E-state index contributed by atoms with van der Waals surface area (Å²) in [5.41, 5.74) is 9.24. The molecule has 0 amide bonds. The van der Waals surface area contributed by atoms with E-state index in [1.807, 2.05) is 30.7 Å². The molecule has 3 aromatic rings. The molecule has 1 fully saturated rings. The van der Waals surface area contributed by atoms with Gasteiger partial charge in [0.05, 0.1) is 6.20 Å². The van der Waals surface area contributed by atoms with Crippen molar-refractivity contribution in [2.24, 2.45) is 5.73 Å². The van der Waals surface area contributed by atoms with E-state index >= 15 is 0 Å². The summed E-state index contributed by atoms with van der Waals surface area (Å²) in [6.07, 6.45) is 7.54. The molecule has 1 aliphatic rings. The normalized spacial score (nSPS) is 17.8. The number of imidazole rings is 1. The van der Waals surface area contributed by atoms with Crippen LogP contribution in [0.4, 0.5) is 5.82 Å². The third-order valence-corrected chi connectivity index (χ3v) is 5.03. The van der Waals surface area contributed by atoms with Crippen molar-refractivity contribution in [2.75, 3.05) is 18.0 Å². The van der Waals surface area contributed by atoms with E-state index in [1.54, 1.807) is 0 Å². The molecule has 3 heterocycles. The predicted octanol–water partition coefficient (Wildman–Crippen LogP) is 3.15. The van der Waals surface area contributed by atoms with Crippen LogP contribution in [0.2, 0.25) is 5.02 Å². The van der Waals surface area contributed by atoms with Crippen LogP contribution < -0.4 is 10.6 Å². The lowest BCUT2D eigenvalue weighted by atomic mass is 10.0. The summed E-state index contributed by atoms with van der Waals surface area (Å²) in [5, 5.41) is 0.784. The van der Waals surface area contributed by atoms with Gasteiger partial charge in [-0.3, -0.25) is 4.40 Å². The predicted molar refractivity (Wildman–Crippen MR) is 97.6 cm³/mol. The monoisotopic (exact) mass is 341 g/mol. The number of halogens is 1. The summed E-state index contributed by atoms with van der Waals surface area (Å²) in [6.45, 7) is 3.88. The van der Waals surface area contributed by atoms with Gasteiger partial charge < -0.3 is 10.6 Å². The largest absolute Gasteiger partial charge is 0.353 e. The van der Waals surface area contributed by atoms with Gasteiger partial charge in [0.25, 0.3) is 0 Å². The Hall–Kier alpha value is -2.11. The second-order valence-electron chi connectivity index (χ2n) is 6.20. The van der Waals surface area contributed by atoms with Gasteiger partial charge in [0.2, 0.25) is 0 Å². The third-order valence-electron chi connectivity index (χ3n) is 4.68. The number of fused-ring (bicyclic) bond motifs is 1. The number of nitrogens with two attached hydrogens (primary N) is 1. The van der Waals surface area contributed by atoms with E-state index in [9.17, 15) is 0 Å². The number of hydrogen-bond donors (Lipinski definition) is 1. The molecule has 1 atom stereocenters. The van der Waals surface area contributed by atoms with Gasteiger partial charge in [-0.1, -0.05) is 30.7 Å². The first-order valence-corrected chi connectivity index (χ1v) is 8.67. The Morgan fingerprint density at radius 1 is 1.33 bits per heavy atom. The Morgan fingerprint density at radius 2 is 2.21 bits per heavy atom. The van der Waals surface area contributed by atoms with E-state index in [4.69, 9.17) is 17.3 Å². The Balaban J connectivity index is 1.86. The number of benzene rings is 1. The average Bonchev–Trinajstić information content (AvgIpc) is 3.20. The third kappa shape index (κ3) is 2.44. The summed E-state index contributed by atoms with van der Waals surface area (Å²) >= 11 is 6.38. The quantitative estimate of drug-likeness (QED) is 0.795. The minimum absolute atomic E-state index is 0.217. The highest BCUT2D eigenvalue weighted by atomic mass is 35.5. The SMILES string of the molecule is CCc1c(Cl)cccc1-c1ncc2c(N3CCC(N)C3)nccn12. The summed E-state index contributed by atoms with van der Waals surface area (Å²) < 4.78 is 2.09. The molecule has 124 valence electrons. The summed E-state index contributed by atoms with van der Waals surface area (Å²) in [5.74, 6) is 1.85. The van der Waals surface area contributed by atoms with E-state index < -0.39 is 0 Å². The maximum atomic E-state index is 6.38. The number of anilines is 1. The molecule has 5 nitrogen and oxygen atoms in total. The van der Waals surface area contributed by atoms with Gasteiger partial charge in [0.15, 0.2) is 5.82 Å². The second-order valence-corrected chi connectivity index (χ2v) is 6.61. The molecule has 24 heavy (non-hydrogen) atoms. The zero-order valence-corrected chi connectivity index (χ0v) is 14.4. The lowest BCUT2D eigenvalue weighted by Crippen LogP contribution is -2.27. The van der Waals surface area contributed by atoms with Crippen molar-refractivity contribution in [1.82, 2.24) is 14.4 Å². The maximum Gasteiger partial charge on any atom is 0.154 e. The molecule has 1 saturated heterocycles. The van der Waals surface area contributed by atoms with Crippen LogP contribution in [-0.2, 0) is 6.42 Å². The fraction of sp³-hybridized carbons (Fsp3) is 0.333. The number of aromatic nitrogens is 3. The van der Waals surface area contributed by atoms with Crippen molar-refractivity contribution in [3.8, 4) is 11.4 Å². The van der Waals surface area contributed by atoms with Crippen molar-refractivity contribution < 1.29 is 0 Å². The molecule has 2 N–H and O–H groups in total. The average molecular weight is 342 g/mol. The van der Waals surface area contributed by atoms with Gasteiger partial charge in [-0.25, -0.2) is 9.97 Å². The fourth-order valence-electron chi connectivity index (χ4n) is 3.46. The highest BCUT2D eigenvalue weighted by Crippen LogP contribution is 2.31. The standard InChI is InChI=1S/C18H20ClN5/c1-2-13-14(4-3-5-15(13)19)17-22-10-16-18(21-7-9-24(16)17)23-8-6-12(20)11-23/h3-5,7,9-10,12H,2,6,8,11,20H2,1H3. The molecule has 0 aliphatic carbocycles. The summed E-state index contributed by atoms with van der Waals surface area (Å²) in [4.78, 5) is 11.5. The number of hydrogen-bond acceptors (Lipinski definition) is 4. The second kappa shape index (κ2) is 6.07. The van der Waals surface area contributed by atoms with Gasteiger partial charge in [0.1, 0.15) is 11.3 Å². The van der Waals surface area contributed by atoms with Crippen LogP contribution in [0.1, 0.15) is 18.9 Å². The smallest absolute Gasteiger partial charge is 0.154 e. The van der Waals surface area contributed by atoms with E-state index in [0.717, 1.165) is 59.2 Å². The lowest BCUT2D eigenvalue weighted by Gasteiger charge is -2.18. The number of nitrogens with zero attached hydrogens (tertiary/aromatic N) is 4. The van der Waals surface area contributed by atoms with Crippen molar-refractivity contribution in [1.29, 1.82) is 0 Å².